The molecule has 0 unspecified atom stereocenters. The lowest BCUT2D eigenvalue weighted by atomic mass is 9.85. The van der Waals surface area contributed by atoms with Gasteiger partial charge in [0.05, 0.1) is 19.8 Å². The fourth-order valence-corrected chi connectivity index (χ4v) is 2.39. The average molecular weight is 314 g/mol. The number of aliphatic hydroxyl groups excluding tert-OH is 1. The van der Waals surface area contributed by atoms with Crippen molar-refractivity contribution in [2.45, 2.75) is 6.92 Å². The van der Waals surface area contributed by atoms with Gasteiger partial charge >= 0.3 is 0 Å². The number of amides is 1. The molecule has 0 atom stereocenters. The summed E-state index contributed by atoms with van der Waals surface area (Å²) >= 11 is 3.40. The van der Waals surface area contributed by atoms with E-state index in [0.29, 0.717) is 13.2 Å². The van der Waals surface area contributed by atoms with E-state index in [2.05, 4.69) is 15.9 Å². The van der Waals surface area contributed by atoms with E-state index in [1.54, 1.807) is 11.9 Å². The van der Waals surface area contributed by atoms with Gasteiger partial charge in [0.1, 0.15) is 5.41 Å². The summed E-state index contributed by atoms with van der Waals surface area (Å²) in [4.78, 5) is 14.0. The summed E-state index contributed by atoms with van der Waals surface area (Å²) in [6.45, 7) is 2.36. The lowest BCUT2D eigenvalue weighted by molar-refractivity contribution is -0.166. The number of halogens is 1. The van der Waals surface area contributed by atoms with Gasteiger partial charge in [-0.3, -0.25) is 4.79 Å². The van der Waals surface area contributed by atoms with E-state index in [1.165, 1.54) is 0 Å². The number of anilines is 1. The van der Waals surface area contributed by atoms with Gasteiger partial charge in [0.25, 0.3) is 0 Å². The first-order valence-electron chi connectivity index (χ1n) is 5.73. The summed E-state index contributed by atoms with van der Waals surface area (Å²) < 4.78 is 6.00. The Morgan fingerprint density at radius 3 is 2.72 bits per heavy atom. The number of nitrogens with zero attached hydrogens (tertiary/aromatic N) is 1. The standard InChI is InChI=1S/C13H16BrNO3/c1-9-3-4-10(14)5-11(9)15(2)12(17)13(6-16)7-18-8-13/h3-5,16H,6-8H2,1-2H3. The fourth-order valence-electron chi connectivity index (χ4n) is 2.04. The Bertz CT molecular complexity index is 466. The Hall–Kier alpha value is -0.910. The topological polar surface area (TPSA) is 49.8 Å². The molecule has 0 aromatic heterocycles. The largest absolute Gasteiger partial charge is 0.395 e. The molecule has 1 aromatic carbocycles. The highest BCUT2D eigenvalue weighted by atomic mass is 79.9. The van der Waals surface area contributed by atoms with Gasteiger partial charge in [-0.05, 0) is 24.6 Å². The van der Waals surface area contributed by atoms with E-state index < -0.39 is 5.41 Å². The molecule has 18 heavy (non-hydrogen) atoms. The van der Waals surface area contributed by atoms with E-state index >= 15 is 0 Å². The van der Waals surface area contributed by atoms with Crippen LogP contribution in [0.25, 0.3) is 0 Å². The molecule has 0 saturated carbocycles. The zero-order valence-corrected chi connectivity index (χ0v) is 12.0. The highest BCUT2D eigenvalue weighted by Crippen LogP contribution is 2.32. The van der Waals surface area contributed by atoms with Crippen LogP contribution in [0.2, 0.25) is 0 Å². The third-order valence-electron chi connectivity index (χ3n) is 3.35. The summed E-state index contributed by atoms with van der Waals surface area (Å²) in [7, 11) is 1.73. The molecule has 1 aliphatic rings. The molecule has 0 bridgehead atoms. The van der Waals surface area contributed by atoms with Crippen LogP contribution in [-0.4, -0.2) is 37.9 Å². The third-order valence-corrected chi connectivity index (χ3v) is 3.84. The molecular weight excluding hydrogens is 298 g/mol. The molecule has 98 valence electrons. The first-order chi connectivity index (χ1) is 8.50. The van der Waals surface area contributed by atoms with E-state index in [0.717, 1.165) is 15.7 Å². The molecule has 5 heteroatoms. The van der Waals surface area contributed by atoms with E-state index in [-0.39, 0.29) is 12.5 Å². The number of aliphatic hydroxyl groups is 1. The zero-order valence-electron chi connectivity index (χ0n) is 10.4. The minimum Gasteiger partial charge on any atom is -0.395 e. The lowest BCUT2D eigenvalue weighted by Crippen LogP contribution is -2.57. The number of hydrogen-bond donors (Lipinski definition) is 1. The van der Waals surface area contributed by atoms with Crippen LogP contribution in [0, 0.1) is 12.3 Å². The quantitative estimate of drug-likeness (QED) is 0.924. The predicted octanol–water partition coefficient (Wildman–Crippen LogP) is 1.73. The van der Waals surface area contributed by atoms with Gasteiger partial charge in [-0.1, -0.05) is 22.0 Å². The van der Waals surface area contributed by atoms with Crippen molar-refractivity contribution in [2.75, 3.05) is 31.8 Å². The normalized spacial score (nSPS) is 17.1. The molecule has 1 N–H and O–H groups in total. The first kappa shape index (κ1) is 13.5. The number of aryl methyl sites for hydroxylation is 1. The molecule has 2 rings (SSSR count). The second kappa shape index (κ2) is 4.99. The Morgan fingerprint density at radius 1 is 1.56 bits per heavy atom. The van der Waals surface area contributed by atoms with E-state index in [4.69, 9.17) is 4.74 Å². The van der Waals surface area contributed by atoms with Crippen molar-refractivity contribution in [2.24, 2.45) is 5.41 Å². The van der Waals surface area contributed by atoms with Crippen molar-refractivity contribution in [1.29, 1.82) is 0 Å². The van der Waals surface area contributed by atoms with Crippen molar-refractivity contribution < 1.29 is 14.6 Å². The molecule has 1 aromatic rings. The molecule has 1 saturated heterocycles. The summed E-state index contributed by atoms with van der Waals surface area (Å²) in [6.07, 6.45) is 0. The van der Waals surface area contributed by atoms with Crippen molar-refractivity contribution in [3.8, 4) is 0 Å². The Balaban J connectivity index is 2.28. The van der Waals surface area contributed by atoms with Gasteiger partial charge in [0, 0.05) is 17.2 Å². The van der Waals surface area contributed by atoms with Crippen LogP contribution in [0.1, 0.15) is 5.56 Å². The number of carbonyl (C=O) groups is 1. The Morgan fingerprint density at radius 2 is 2.22 bits per heavy atom. The maximum atomic E-state index is 12.4. The summed E-state index contributed by atoms with van der Waals surface area (Å²) in [5.74, 6) is -0.0996. The lowest BCUT2D eigenvalue weighted by Gasteiger charge is -2.40. The number of hydrogen-bond acceptors (Lipinski definition) is 3. The van der Waals surface area contributed by atoms with Crippen LogP contribution in [0.4, 0.5) is 5.69 Å². The number of carbonyl (C=O) groups excluding carboxylic acids is 1. The molecule has 1 aliphatic heterocycles. The highest BCUT2D eigenvalue weighted by molar-refractivity contribution is 9.10. The predicted molar refractivity (Wildman–Crippen MR) is 72.6 cm³/mol. The smallest absolute Gasteiger partial charge is 0.239 e. The van der Waals surface area contributed by atoms with Gasteiger partial charge in [-0.25, -0.2) is 0 Å². The highest BCUT2D eigenvalue weighted by Gasteiger charge is 2.47. The number of benzene rings is 1. The first-order valence-corrected chi connectivity index (χ1v) is 6.52. The maximum absolute atomic E-state index is 12.4. The number of ether oxygens (including phenoxy) is 1. The van der Waals surface area contributed by atoms with Gasteiger partial charge in [-0.15, -0.1) is 0 Å². The Kier molecular flexibility index (Phi) is 3.75. The van der Waals surface area contributed by atoms with Gasteiger partial charge in [0.15, 0.2) is 0 Å². The molecule has 0 spiro atoms. The molecular formula is C13H16BrNO3. The molecule has 1 fully saturated rings. The van der Waals surface area contributed by atoms with Gasteiger partial charge in [0.2, 0.25) is 5.91 Å². The second-order valence-electron chi connectivity index (χ2n) is 4.73. The van der Waals surface area contributed by atoms with E-state index in [1.807, 2.05) is 25.1 Å². The molecule has 1 heterocycles. The minimum absolute atomic E-state index is 0.0996. The van der Waals surface area contributed by atoms with Crippen LogP contribution in [0.15, 0.2) is 22.7 Å². The van der Waals surface area contributed by atoms with Crippen molar-refractivity contribution >= 4 is 27.5 Å². The van der Waals surface area contributed by atoms with Crippen molar-refractivity contribution in [3.05, 3.63) is 28.2 Å². The third kappa shape index (κ3) is 2.18. The van der Waals surface area contributed by atoms with Crippen LogP contribution >= 0.6 is 15.9 Å². The summed E-state index contributed by atoms with van der Waals surface area (Å²) in [6, 6.07) is 5.79. The van der Waals surface area contributed by atoms with Crippen LogP contribution in [-0.2, 0) is 9.53 Å². The van der Waals surface area contributed by atoms with Crippen molar-refractivity contribution in [3.63, 3.8) is 0 Å². The van der Waals surface area contributed by atoms with Crippen LogP contribution in [0.3, 0.4) is 0 Å². The average Bonchev–Trinajstić information content (AvgIpc) is 2.30. The monoisotopic (exact) mass is 313 g/mol. The summed E-state index contributed by atoms with van der Waals surface area (Å²) in [5.41, 5.74) is 1.10. The maximum Gasteiger partial charge on any atom is 0.239 e. The number of rotatable bonds is 3. The SMILES string of the molecule is Cc1ccc(Br)cc1N(C)C(=O)C1(CO)COC1. The second-order valence-corrected chi connectivity index (χ2v) is 5.64. The van der Waals surface area contributed by atoms with Gasteiger partial charge in [-0.2, -0.15) is 0 Å². The summed E-state index contributed by atoms with van der Waals surface area (Å²) in [5, 5.41) is 9.39. The van der Waals surface area contributed by atoms with E-state index in [9.17, 15) is 9.90 Å². The van der Waals surface area contributed by atoms with Crippen LogP contribution < -0.4 is 4.90 Å². The fraction of sp³-hybridized carbons (Fsp3) is 0.462. The zero-order chi connectivity index (χ0) is 13.3. The molecule has 1 amide bonds. The van der Waals surface area contributed by atoms with Crippen molar-refractivity contribution in [1.82, 2.24) is 0 Å². The molecule has 0 radical (unpaired) electrons. The molecule has 4 nitrogen and oxygen atoms in total. The van der Waals surface area contributed by atoms with Gasteiger partial charge < -0.3 is 14.7 Å². The molecule has 0 aliphatic carbocycles. The van der Waals surface area contributed by atoms with Crippen LogP contribution in [0.5, 0.6) is 0 Å². The minimum atomic E-state index is -0.760. The Labute approximate surface area is 115 Å².